The van der Waals surface area contributed by atoms with Crippen LogP contribution in [-0.4, -0.2) is 54.8 Å². The Morgan fingerprint density at radius 3 is 2.45 bits per heavy atom. The Labute approximate surface area is 122 Å². The number of hydrogen-bond donors (Lipinski definition) is 1. The minimum Gasteiger partial charge on any atom is -0.346 e. The second-order valence-corrected chi connectivity index (χ2v) is 5.66. The van der Waals surface area contributed by atoms with E-state index < -0.39 is 0 Å². The van der Waals surface area contributed by atoms with E-state index >= 15 is 0 Å². The van der Waals surface area contributed by atoms with E-state index in [2.05, 4.69) is 6.92 Å². The molecule has 2 amide bonds. The Balaban J connectivity index is 2.34. The van der Waals surface area contributed by atoms with Gasteiger partial charge in [0, 0.05) is 39.0 Å². The summed E-state index contributed by atoms with van der Waals surface area (Å²) in [5.74, 6) is 0.517. The number of piperidine rings is 1. The fourth-order valence-corrected chi connectivity index (χ4v) is 2.60. The Kier molecular flexibility index (Phi) is 7.59. The number of nitrogens with two attached hydrogens (primary N) is 1. The molecular weight excluding hydrogens is 254 g/mol. The first kappa shape index (κ1) is 17.0. The molecule has 0 radical (unpaired) electrons. The zero-order valence-corrected chi connectivity index (χ0v) is 12.9. The molecule has 1 heterocycles. The molecule has 0 saturated carbocycles. The average Bonchev–Trinajstić information content (AvgIpc) is 2.49. The smallest absolute Gasteiger partial charge is 0.225 e. The maximum Gasteiger partial charge on any atom is 0.225 e. The van der Waals surface area contributed by atoms with Crippen molar-refractivity contribution in [3.63, 3.8) is 0 Å². The van der Waals surface area contributed by atoms with Gasteiger partial charge in [0.15, 0.2) is 0 Å². The molecular formula is C15H29N3O2. The summed E-state index contributed by atoms with van der Waals surface area (Å²) in [6.07, 6.45) is 5.03. The molecule has 0 bridgehead atoms. The molecule has 0 aromatic carbocycles. The van der Waals surface area contributed by atoms with E-state index in [9.17, 15) is 9.59 Å². The number of rotatable bonds is 7. The molecule has 0 atom stereocenters. The summed E-state index contributed by atoms with van der Waals surface area (Å²) < 4.78 is 0. The monoisotopic (exact) mass is 283 g/mol. The summed E-state index contributed by atoms with van der Waals surface area (Å²) in [5, 5.41) is 0. The van der Waals surface area contributed by atoms with E-state index in [1.54, 1.807) is 0 Å². The Morgan fingerprint density at radius 2 is 1.90 bits per heavy atom. The van der Waals surface area contributed by atoms with Gasteiger partial charge >= 0.3 is 0 Å². The first-order valence-electron chi connectivity index (χ1n) is 7.83. The van der Waals surface area contributed by atoms with Gasteiger partial charge in [-0.1, -0.05) is 13.3 Å². The van der Waals surface area contributed by atoms with E-state index in [1.165, 1.54) is 0 Å². The Hall–Kier alpha value is -1.10. The molecule has 1 saturated heterocycles. The topological polar surface area (TPSA) is 66.6 Å². The van der Waals surface area contributed by atoms with Gasteiger partial charge in [-0.2, -0.15) is 0 Å². The van der Waals surface area contributed by atoms with Gasteiger partial charge in [0.1, 0.15) is 0 Å². The van der Waals surface area contributed by atoms with Crippen LogP contribution in [0.1, 0.15) is 45.4 Å². The summed E-state index contributed by atoms with van der Waals surface area (Å²) in [5.41, 5.74) is 5.42. The van der Waals surface area contributed by atoms with Crippen LogP contribution in [0.2, 0.25) is 0 Å². The van der Waals surface area contributed by atoms with E-state index in [1.807, 2.05) is 16.8 Å². The molecule has 0 unspecified atom stereocenters. The van der Waals surface area contributed by atoms with Crippen molar-refractivity contribution in [3.05, 3.63) is 0 Å². The lowest BCUT2D eigenvalue weighted by Gasteiger charge is -2.33. The van der Waals surface area contributed by atoms with E-state index in [4.69, 9.17) is 5.73 Å². The molecule has 0 spiro atoms. The summed E-state index contributed by atoms with van der Waals surface area (Å²) in [6, 6.07) is 0. The van der Waals surface area contributed by atoms with E-state index in [-0.39, 0.29) is 17.7 Å². The van der Waals surface area contributed by atoms with Crippen LogP contribution in [0, 0.1) is 5.92 Å². The normalized spacial score (nSPS) is 16.2. The molecule has 5 nitrogen and oxygen atoms in total. The van der Waals surface area contributed by atoms with Gasteiger partial charge in [0.2, 0.25) is 11.8 Å². The number of nitrogens with zero attached hydrogens (tertiary/aromatic N) is 2. The molecule has 0 aromatic rings. The highest BCUT2D eigenvalue weighted by atomic mass is 16.2. The molecule has 0 aromatic heterocycles. The fourth-order valence-electron chi connectivity index (χ4n) is 2.60. The highest BCUT2D eigenvalue weighted by Gasteiger charge is 2.28. The third-order valence-corrected chi connectivity index (χ3v) is 4.01. The molecule has 1 rings (SSSR count). The van der Waals surface area contributed by atoms with Gasteiger partial charge in [-0.15, -0.1) is 0 Å². The summed E-state index contributed by atoms with van der Waals surface area (Å²) in [6.45, 7) is 4.94. The van der Waals surface area contributed by atoms with Gasteiger partial charge in [0.05, 0.1) is 0 Å². The number of unbranched alkanes of at least 4 members (excludes halogenated alkanes) is 1. The molecule has 1 fully saturated rings. The van der Waals surface area contributed by atoms with Crippen molar-refractivity contribution in [2.45, 2.75) is 45.4 Å². The molecule has 1 aliphatic heterocycles. The van der Waals surface area contributed by atoms with Crippen LogP contribution in [0.3, 0.4) is 0 Å². The number of hydrogen-bond acceptors (Lipinski definition) is 3. The third kappa shape index (κ3) is 5.12. The number of amides is 2. The third-order valence-electron chi connectivity index (χ3n) is 4.01. The Morgan fingerprint density at radius 1 is 1.25 bits per heavy atom. The average molecular weight is 283 g/mol. The maximum absolute atomic E-state index is 12.3. The number of likely N-dealkylation sites (tertiary alicyclic amines) is 1. The van der Waals surface area contributed by atoms with Crippen LogP contribution >= 0.6 is 0 Å². The maximum atomic E-state index is 12.3. The largest absolute Gasteiger partial charge is 0.346 e. The van der Waals surface area contributed by atoms with Gasteiger partial charge in [-0.05, 0) is 32.2 Å². The summed E-state index contributed by atoms with van der Waals surface area (Å²) in [7, 11) is 1.89. The van der Waals surface area contributed by atoms with Crippen molar-refractivity contribution in [3.8, 4) is 0 Å². The van der Waals surface area contributed by atoms with Crippen LogP contribution in [0.15, 0.2) is 0 Å². The first-order chi connectivity index (χ1) is 9.60. The van der Waals surface area contributed by atoms with Crippen LogP contribution in [0.25, 0.3) is 0 Å². The Bertz CT molecular complexity index is 312. The van der Waals surface area contributed by atoms with E-state index in [0.29, 0.717) is 26.1 Å². The van der Waals surface area contributed by atoms with Crippen molar-refractivity contribution in [1.82, 2.24) is 9.80 Å². The van der Waals surface area contributed by atoms with Gasteiger partial charge in [-0.25, -0.2) is 0 Å². The standard InChI is InChI=1S/C15H29N3O2/c1-3-4-10-17(2)15(20)13-7-11-18(12-8-13)14(19)6-5-9-16/h13H,3-12,16H2,1-2H3. The zero-order chi connectivity index (χ0) is 15.0. The quantitative estimate of drug-likeness (QED) is 0.764. The minimum absolute atomic E-state index is 0.0930. The van der Waals surface area contributed by atoms with Gasteiger partial charge in [-0.3, -0.25) is 9.59 Å². The van der Waals surface area contributed by atoms with Crippen LogP contribution < -0.4 is 5.73 Å². The SMILES string of the molecule is CCCCN(C)C(=O)C1CCN(C(=O)CCCN)CC1. The molecule has 1 aliphatic rings. The number of carbonyl (C=O) groups is 2. The van der Waals surface area contributed by atoms with Crippen LogP contribution in [0.5, 0.6) is 0 Å². The predicted octanol–water partition coefficient (Wildman–Crippen LogP) is 1.22. The summed E-state index contributed by atoms with van der Waals surface area (Å²) >= 11 is 0. The lowest BCUT2D eigenvalue weighted by atomic mass is 9.95. The van der Waals surface area contributed by atoms with Crippen LogP contribution in [-0.2, 0) is 9.59 Å². The molecule has 5 heteroatoms. The highest BCUT2D eigenvalue weighted by molar-refractivity contribution is 5.80. The van der Waals surface area contributed by atoms with E-state index in [0.717, 1.165) is 38.6 Å². The van der Waals surface area contributed by atoms with Crippen molar-refractivity contribution in [2.24, 2.45) is 11.7 Å². The lowest BCUT2D eigenvalue weighted by Crippen LogP contribution is -2.43. The van der Waals surface area contributed by atoms with Crippen molar-refractivity contribution in [2.75, 3.05) is 33.2 Å². The second kappa shape index (κ2) is 8.95. The second-order valence-electron chi connectivity index (χ2n) is 5.66. The van der Waals surface area contributed by atoms with Crippen molar-refractivity contribution in [1.29, 1.82) is 0 Å². The van der Waals surface area contributed by atoms with Gasteiger partial charge < -0.3 is 15.5 Å². The van der Waals surface area contributed by atoms with Crippen molar-refractivity contribution >= 4 is 11.8 Å². The molecule has 2 N–H and O–H groups in total. The fraction of sp³-hybridized carbons (Fsp3) is 0.867. The minimum atomic E-state index is 0.0930. The summed E-state index contributed by atoms with van der Waals surface area (Å²) in [4.78, 5) is 27.9. The van der Waals surface area contributed by atoms with Crippen LogP contribution in [0.4, 0.5) is 0 Å². The molecule has 0 aliphatic carbocycles. The molecule has 116 valence electrons. The zero-order valence-electron chi connectivity index (χ0n) is 12.9. The van der Waals surface area contributed by atoms with Crippen molar-refractivity contribution < 1.29 is 9.59 Å². The lowest BCUT2D eigenvalue weighted by molar-refractivity contribution is -0.139. The van der Waals surface area contributed by atoms with Gasteiger partial charge in [0.25, 0.3) is 0 Å². The highest BCUT2D eigenvalue weighted by Crippen LogP contribution is 2.20. The molecule has 20 heavy (non-hydrogen) atoms. The number of carbonyl (C=O) groups excluding carboxylic acids is 2. The first-order valence-corrected chi connectivity index (χ1v) is 7.83. The predicted molar refractivity (Wildman–Crippen MR) is 80.1 cm³/mol.